The molecule has 21 heavy (non-hydrogen) atoms. The van der Waals surface area contributed by atoms with Crippen LogP contribution in [-0.4, -0.2) is 55.2 Å². The molecular formula is C12H13N5O3S. The lowest BCUT2D eigenvalue weighted by Gasteiger charge is -2.17. The number of thiophene rings is 1. The fourth-order valence-corrected chi connectivity index (χ4v) is 2.26. The first-order valence-corrected chi connectivity index (χ1v) is 6.90. The molecule has 0 unspecified atom stereocenters. The second kappa shape index (κ2) is 6.75. The molecule has 8 nitrogen and oxygen atoms in total. The lowest BCUT2D eigenvalue weighted by Crippen LogP contribution is -2.38. The number of carboxylic acids is 1. The van der Waals surface area contributed by atoms with Gasteiger partial charge in [-0.1, -0.05) is 12.1 Å². The topological polar surface area (TPSA) is 101 Å². The van der Waals surface area contributed by atoms with Gasteiger partial charge in [0.05, 0.1) is 4.88 Å². The van der Waals surface area contributed by atoms with Crippen molar-refractivity contribution in [3.8, 4) is 10.7 Å². The van der Waals surface area contributed by atoms with Crippen molar-refractivity contribution in [1.29, 1.82) is 0 Å². The van der Waals surface area contributed by atoms with Gasteiger partial charge in [-0.25, -0.2) is 0 Å². The number of tetrazole rings is 1. The summed E-state index contributed by atoms with van der Waals surface area (Å²) in [6, 6.07) is 3.72. The fourth-order valence-electron chi connectivity index (χ4n) is 1.61. The minimum atomic E-state index is -1.09. The predicted octanol–water partition coefficient (Wildman–Crippen LogP) is 0.501. The first-order valence-electron chi connectivity index (χ1n) is 6.02. The molecule has 0 bridgehead atoms. The first kappa shape index (κ1) is 14.9. The van der Waals surface area contributed by atoms with E-state index in [1.807, 2.05) is 17.5 Å². The Balaban J connectivity index is 2.04. The SMILES string of the molecule is C=CCN(CC(=O)O)C(=O)Cn1nnc(-c2cccs2)n1. The second-order valence-electron chi connectivity index (χ2n) is 4.08. The van der Waals surface area contributed by atoms with Gasteiger partial charge in [-0.3, -0.25) is 9.59 Å². The number of carbonyl (C=O) groups excluding carboxylic acids is 1. The van der Waals surface area contributed by atoms with E-state index < -0.39 is 18.4 Å². The minimum Gasteiger partial charge on any atom is -0.480 e. The molecule has 0 atom stereocenters. The molecule has 9 heteroatoms. The summed E-state index contributed by atoms with van der Waals surface area (Å²) in [4.78, 5) is 25.9. The number of rotatable bonds is 7. The summed E-state index contributed by atoms with van der Waals surface area (Å²) >= 11 is 1.47. The van der Waals surface area contributed by atoms with Gasteiger partial charge in [-0.05, 0) is 16.7 Å². The van der Waals surface area contributed by atoms with E-state index in [9.17, 15) is 9.59 Å². The maximum Gasteiger partial charge on any atom is 0.323 e. The Kier molecular flexibility index (Phi) is 4.77. The number of nitrogens with zero attached hydrogens (tertiary/aromatic N) is 5. The second-order valence-corrected chi connectivity index (χ2v) is 5.03. The molecule has 0 radical (unpaired) electrons. The van der Waals surface area contributed by atoms with E-state index in [-0.39, 0.29) is 13.1 Å². The van der Waals surface area contributed by atoms with Crippen LogP contribution >= 0.6 is 11.3 Å². The van der Waals surface area contributed by atoms with Crippen molar-refractivity contribution in [3.05, 3.63) is 30.2 Å². The van der Waals surface area contributed by atoms with E-state index in [0.717, 1.165) is 14.6 Å². The molecule has 1 N–H and O–H groups in total. The third-order valence-corrected chi connectivity index (χ3v) is 3.37. The van der Waals surface area contributed by atoms with Gasteiger partial charge in [0, 0.05) is 6.54 Å². The standard InChI is InChI=1S/C12H13N5O3S/c1-2-5-16(8-11(19)20)10(18)7-17-14-12(13-15-17)9-4-3-6-21-9/h2-4,6H,1,5,7-8H2,(H,19,20). The zero-order chi connectivity index (χ0) is 15.2. The van der Waals surface area contributed by atoms with E-state index in [0.29, 0.717) is 5.82 Å². The van der Waals surface area contributed by atoms with E-state index in [2.05, 4.69) is 22.0 Å². The van der Waals surface area contributed by atoms with E-state index in [1.54, 1.807) is 0 Å². The quantitative estimate of drug-likeness (QED) is 0.748. The highest BCUT2D eigenvalue weighted by Crippen LogP contribution is 2.19. The van der Waals surface area contributed by atoms with Crippen LogP contribution in [0.4, 0.5) is 0 Å². The number of carboxylic acid groups (broad SMARTS) is 1. The Bertz CT molecular complexity index is 637. The number of carbonyl (C=O) groups is 2. The highest BCUT2D eigenvalue weighted by molar-refractivity contribution is 7.13. The van der Waals surface area contributed by atoms with Gasteiger partial charge in [0.1, 0.15) is 13.1 Å². The molecule has 0 spiro atoms. The van der Waals surface area contributed by atoms with Crippen LogP contribution in [0.5, 0.6) is 0 Å². The maximum atomic E-state index is 12.0. The zero-order valence-corrected chi connectivity index (χ0v) is 11.9. The maximum absolute atomic E-state index is 12.0. The number of aromatic nitrogens is 4. The predicted molar refractivity (Wildman–Crippen MR) is 75.5 cm³/mol. The Morgan fingerprint density at radius 2 is 2.33 bits per heavy atom. The van der Waals surface area contributed by atoms with Crippen molar-refractivity contribution < 1.29 is 14.7 Å². The highest BCUT2D eigenvalue weighted by atomic mass is 32.1. The molecule has 0 aliphatic rings. The molecule has 2 heterocycles. The van der Waals surface area contributed by atoms with Gasteiger partial charge >= 0.3 is 5.97 Å². The minimum absolute atomic E-state index is 0.150. The average molecular weight is 307 g/mol. The lowest BCUT2D eigenvalue weighted by molar-refractivity contribution is -0.144. The van der Waals surface area contributed by atoms with Crippen LogP contribution in [0.1, 0.15) is 0 Å². The Hall–Kier alpha value is -2.55. The average Bonchev–Trinajstić information content (AvgIpc) is 3.07. The van der Waals surface area contributed by atoms with Crippen molar-refractivity contribution >= 4 is 23.2 Å². The van der Waals surface area contributed by atoms with Gasteiger partial charge in [0.25, 0.3) is 0 Å². The third kappa shape index (κ3) is 3.96. The van der Waals surface area contributed by atoms with Crippen molar-refractivity contribution in [3.63, 3.8) is 0 Å². The van der Waals surface area contributed by atoms with E-state index in [4.69, 9.17) is 5.11 Å². The van der Waals surface area contributed by atoms with Gasteiger partial charge < -0.3 is 10.0 Å². The molecule has 0 saturated heterocycles. The van der Waals surface area contributed by atoms with Crippen molar-refractivity contribution in [2.75, 3.05) is 13.1 Å². The van der Waals surface area contributed by atoms with Crippen LogP contribution in [0, 0.1) is 0 Å². The van der Waals surface area contributed by atoms with Crippen LogP contribution in [0.2, 0.25) is 0 Å². The summed E-state index contributed by atoms with van der Waals surface area (Å²) in [5.41, 5.74) is 0. The number of aliphatic carboxylic acids is 1. The molecule has 110 valence electrons. The summed E-state index contributed by atoms with van der Waals surface area (Å²) in [7, 11) is 0. The highest BCUT2D eigenvalue weighted by Gasteiger charge is 2.17. The zero-order valence-electron chi connectivity index (χ0n) is 11.0. The molecule has 2 aromatic rings. The van der Waals surface area contributed by atoms with Crippen molar-refractivity contribution in [1.82, 2.24) is 25.1 Å². The Morgan fingerprint density at radius 3 is 2.95 bits per heavy atom. The van der Waals surface area contributed by atoms with Gasteiger partial charge in [-0.15, -0.1) is 28.1 Å². The smallest absolute Gasteiger partial charge is 0.323 e. The normalized spacial score (nSPS) is 10.3. The lowest BCUT2D eigenvalue weighted by atomic mass is 10.4. The molecule has 0 aliphatic carbocycles. The summed E-state index contributed by atoms with van der Waals surface area (Å²) < 4.78 is 0. The molecule has 0 aromatic carbocycles. The van der Waals surface area contributed by atoms with Gasteiger partial charge in [-0.2, -0.15) is 4.80 Å². The molecule has 0 saturated carbocycles. The summed E-state index contributed by atoms with van der Waals surface area (Å²) in [6.45, 7) is 3.09. The third-order valence-electron chi connectivity index (χ3n) is 2.50. The van der Waals surface area contributed by atoms with Crippen LogP contribution in [0.3, 0.4) is 0 Å². The van der Waals surface area contributed by atoms with Crippen LogP contribution < -0.4 is 0 Å². The van der Waals surface area contributed by atoms with Crippen LogP contribution in [0.15, 0.2) is 30.2 Å². The largest absolute Gasteiger partial charge is 0.480 e. The summed E-state index contributed by atoms with van der Waals surface area (Å²) in [5, 5.41) is 22.4. The monoisotopic (exact) mass is 307 g/mol. The molecule has 2 aromatic heterocycles. The Morgan fingerprint density at radius 1 is 1.52 bits per heavy atom. The van der Waals surface area contributed by atoms with Crippen LogP contribution in [-0.2, 0) is 16.1 Å². The number of hydrogen-bond donors (Lipinski definition) is 1. The molecule has 1 amide bonds. The fraction of sp³-hybridized carbons (Fsp3) is 0.250. The molecule has 0 fully saturated rings. The number of amides is 1. The van der Waals surface area contributed by atoms with Gasteiger partial charge in [0.2, 0.25) is 11.7 Å². The van der Waals surface area contributed by atoms with E-state index in [1.165, 1.54) is 17.4 Å². The first-order chi connectivity index (χ1) is 10.1. The Labute approximate surface area is 124 Å². The number of hydrogen-bond acceptors (Lipinski definition) is 6. The van der Waals surface area contributed by atoms with Crippen LogP contribution in [0.25, 0.3) is 10.7 Å². The summed E-state index contributed by atoms with van der Waals surface area (Å²) in [6.07, 6.45) is 1.46. The molecule has 2 rings (SSSR count). The van der Waals surface area contributed by atoms with E-state index >= 15 is 0 Å². The van der Waals surface area contributed by atoms with Gasteiger partial charge in [0.15, 0.2) is 0 Å². The summed E-state index contributed by atoms with van der Waals surface area (Å²) in [5.74, 6) is -1.06. The van der Waals surface area contributed by atoms with Crippen molar-refractivity contribution in [2.24, 2.45) is 0 Å². The molecular weight excluding hydrogens is 294 g/mol. The molecule has 0 aliphatic heterocycles. The van der Waals surface area contributed by atoms with Crippen molar-refractivity contribution in [2.45, 2.75) is 6.54 Å².